The van der Waals surface area contributed by atoms with Crippen molar-refractivity contribution in [3.05, 3.63) is 149 Å². The molecule has 0 radical (unpaired) electrons. The van der Waals surface area contributed by atoms with Crippen molar-refractivity contribution < 1.29 is 31.1 Å². The van der Waals surface area contributed by atoms with Crippen molar-refractivity contribution >= 4 is 28.8 Å². The third kappa shape index (κ3) is 7.85. The van der Waals surface area contributed by atoms with Gasteiger partial charge in [0.25, 0.3) is 5.91 Å². The predicted octanol–water partition coefficient (Wildman–Crippen LogP) is 6.61. The van der Waals surface area contributed by atoms with Crippen LogP contribution in [0.3, 0.4) is 0 Å². The molecule has 0 fully saturated rings. The molecule has 1 atom stereocenters. The minimum atomic E-state index is -0.946. The summed E-state index contributed by atoms with van der Waals surface area (Å²) in [6.45, 7) is 0.321. The van der Waals surface area contributed by atoms with Gasteiger partial charge in [0.1, 0.15) is 5.69 Å². The molecule has 6 aromatic rings. The number of thiazole rings is 1. The molecule has 7 nitrogen and oxygen atoms in total. The predicted molar refractivity (Wildman–Crippen MR) is 164 cm³/mol. The average molecular weight is 627 g/mol. The zero-order valence-electron chi connectivity index (χ0n) is 22.8. The number of carbonyl (C=O) groups is 2. The number of rotatable bonds is 8. The second-order valence-electron chi connectivity index (χ2n) is 9.06. The van der Waals surface area contributed by atoms with Crippen LogP contribution in [0.5, 0.6) is 0 Å². The van der Waals surface area contributed by atoms with Crippen LogP contribution in [0, 0.1) is 12.3 Å². The first-order valence-electron chi connectivity index (χ1n) is 13.1. The van der Waals surface area contributed by atoms with Crippen LogP contribution in [0.15, 0.2) is 132 Å². The number of oxazole rings is 1. The summed E-state index contributed by atoms with van der Waals surface area (Å²) in [6.07, 6.45) is 8.45. The fraction of sp³-hybridized carbons (Fsp3) is 0.0588. The Labute approximate surface area is 264 Å². The summed E-state index contributed by atoms with van der Waals surface area (Å²) in [4.78, 5) is 37.3. The Kier molecular flexibility index (Phi) is 11.0. The van der Waals surface area contributed by atoms with Gasteiger partial charge < -0.3 is 45.0 Å². The number of anilines is 1. The normalized spacial score (nSPS) is 10.8. The van der Waals surface area contributed by atoms with Gasteiger partial charge in [-0.1, -0.05) is 30.3 Å². The van der Waals surface area contributed by atoms with E-state index in [1.54, 1.807) is 23.7 Å². The van der Waals surface area contributed by atoms with Crippen LogP contribution in [0.2, 0.25) is 0 Å². The number of amides is 2. The molecular weight excluding hydrogens is 600 g/mol. The molecule has 1 N–H and O–H groups in total. The van der Waals surface area contributed by atoms with E-state index in [9.17, 15) is 9.59 Å². The molecule has 0 aliphatic carbocycles. The molecule has 2 aromatic heterocycles. The Morgan fingerprint density at radius 3 is 2.26 bits per heavy atom. The maximum atomic E-state index is 13.9. The van der Waals surface area contributed by atoms with Crippen molar-refractivity contribution in [1.82, 2.24) is 15.3 Å². The quantitative estimate of drug-likeness (QED) is 0.117. The third-order valence-corrected chi connectivity index (χ3v) is 7.08. The smallest absolute Gasteiger partial charge is 0.277 e. The first-order chi connectivity index (χ1) is 20.6. The summed E-state index contributed by atoms with van der Waals surface area (Å²) >= 11 is 1.20. The van der Waals surface area contributed by atoms with E-state index in [0.29, 0.717) is 28.6 Å². The molecule has 9 heteroatoms. The molecule has 220 valence electrons. The molecule has 2 heterocycles. The topological polar surface area (TPSA) is 88.3 Å². The molecule has 0 saturated carbocycles. The van der Waals surface area contributed by atoms with Gasteiger partial charge in [0.05, 0.1) is 12.2 Å². The van der Waals surface area contributed by atoms with Gasteiger partial charge in [0.15, 0.2) is 17.2 Å². The van der Waals surface area contributed by atoms with Crippen LogP contribution in [0.1, 0.15) is 32.7 Å². The molecule has 0 aliphatic heterocycles. The van der Waals surface area contributed by atoms with Gasteiger partial charge in [-0.2, -0.15) is 12.1 Å². The van der Waals surface area contributed by atoms with Gasteiger partial charge in [0, 0.05) is 40.2 Å². The molecule has 0 aliphatic rings. The zero-order valence-corrected chi connectivity index (χ0v) is 24.7. The average Bonchev–Trinajstić information content (AvgIpc) is 3.87. The van der Waals surface area contributed by atoms with Crippen molar-refractivity contribution in [3.8, 4) is 23.7 Å². The van der Waals surface area contributed by atoms with Crippen molar-refractivity contribution in [1.29, 1.82) is 0 Å². The molecule has 2 amide bonds. The maximum absolute atomic E-state index is 13.9. The molecule has 1 unspecified atom stereocenters. The Morgan fingerprint density at radius 2 is 1.67 bits per heavy atom. The van der Waals surface area contributed by atoms with Gasteiger partial charge in [0.2, 0.25) is 5.91 Å². The van der Waals surface area contributed by atoms with E-state index >= 15 is 0 Å². The molecule has 6 rings (SSSR count). The monoisotopic (exact) mass is 626 g/mol. The fourth-order valence-corrected chi connectivity index (χ4v) is 4.88. The van der Waals surface area contributed by atoms with Gasteiger partial charge in [-0.3, -0.25) is 9.59 Å². The summed E-state index contributed by atoms with van der Waals surface area (Å²) < 4.78 is 5.39. The molecule has 0 bridgehead atoms. The van der Waals surface area contributed by atoms with Crippen LogP contribution < -0.4 is 10.2 Å². The second kappa shape index (κ2) is 15.3. The Morgan fingerprint density at radius 1 is 1.00 bits per heavy atom. The van der Waals surface area contributed by atoms with E-state index in [0.717, 1.165) is 11.1 Å². The third-order valence-electron chi connectivity index (χ3n) is 6.30. The standard InChI is InChI=1S/C29H21N4O3S.C5H5.Fe/c1-2-26-32-24(18-37-26)29(35)33(23-14-12-21(13-15-23)25-17-30-19-36-25)27(22-10-6-7-11-22)28(34)31-16-20-8-4-3-5-9-20;1-2-4-5-3-1;/h1,3-15,17-19,27H,16H2,(H,31,34);1-5H;/q-1;-5;. The molecule has 0 spiro atoms. The van der Waals surface area contributed by atoms with Crippen molar-refractivity contribution in [3.63, 3.8) is 0 Å². The number of terminal acetylenes is 1. The van der Waals surface area contributed by atoms with Gasteiger partial charge in [-0.15, -0.1) is 23.3 Å². The summed E-state index contributed by atoms with van der Waals surface area (Å²) in [5, 5.41) is 4.99. The largest absolute Gasteiger partial charge is 0.748 e. The van der Waals surface area contributed by atoms with E-state index in [1.165, 1.54) is 22.6 Å². The van der Waals surface area contributed by atoms with Crippen LogP contribution in [-0.4, -0.2) is 21.8 Å². The molecule has 43 heavy (non-hydrogen) atoms. The van der Waals surface area contributed by atoms with Crippen LogP contribution in [0.4, 0.5) is 5.69 Å². The van der Waals surface area contributed by atoms with E-state index < -0.39 is 11.9 Å². The second-order valence-corrected chi connectivity index (χ2v) is 9.91. The minimum absolute atomic E-state index is 0. The SMILES string of the molecule is C#Cc1nc(C(=O)N(c2ccc(-c3cnco3)cc2)C(C(=O)NCc2ccccc2)[c-]2cccc2)cs1.[Fe].[cH-]1[cH-][cH-][cH-][cH-]1. The fourth-order valence-electron chi connectivity index (χ4n) is 4.28. The maximum Gasteiger partial charge on any atom is 0.277 e. The number of nitrogens with zero attached hydrogens (tertiary/aromatic N) is 3. The Hall–Kier alpha value is -5.00. The van der Waals surface area contributed by atoms with E-state index in [4.69, 9.17) is 10.8 Å². The summed E-state index contributed by atoms with van der Waals surface area (Å²) in [5.74, 6) is 2.29. The number of hydrogen-bond donors (Lipinski definition) is 1. The number of carbonyl (C=O) groups excluding carboxylic acids is 2. The van der Waals surface area contributed by atoms with Crippen LogP contribution >= 0.6 is 11.3 Å². The number of hydrogen-bond acceptors (Lipinski definition) is 6. The zero-order chi connectivity index (χ0) is 29.1. The van der Waals surface area contributed by atoms with Crippen molar-refractivity contribution in [2.75, 3.05) is 4.90 Å². The molecular formula is C34H26FeN4O3S-6. The molecule has 4 aromatic carbocycles. The summed E-state index contributed by atoms with van der Waals surface area (Å²) in [6, 6.07) is 33.1. The van der Waals surface area contributed by atoms with Crippen LogP contribution in [0.25, 0.3) is 11.3 Å². The van der Waals surface area contributed by atoms with E-state index in [2.05, 4.69) is 21.2 Å². The van der Waals surface area contributed by atoms with Crippen molar-refractivity contribution in [2.24, 2.45) is 0 Å². The molecule has 0 saturated heterocycles. The Balaban J connectivity index is 0.000000641. The number of benzene rings is 2. The number of aromatic nitrogens is 2. The summed E-state index contributed by atoms with van der Waals surface area (Å²) in [7, 11) is 0. The van der Waals surface area contributed by atoms with Crippen LogP contribution in [-0.2, 0) is 28.4 Å². The van der Waals surface area contributed by atoms with E-state index in [-0.39, 0.29) is 28.7 Å². The van der Waals surface area contributed by atoms with E-state index in [1.807, 2.05) is 97.1 Å². The van der Waals surface area contributed by atoms with Gasteiger partial charge in [-0.05, 0) is 35.7 Å². The van der Waals surface area contributed by atoms with Gasteiger partial charge >= 0.3 is 0 Å². The van der Waals surface area contributed by atoms with Gasteiger partial charge in [-0.25, -0.2) is 22.1 Å². The number of nitrogens with one attached hydrogen (secondary N) is 1. The Bertz CT molecular complexity index is 1700. The first-order valence-corrected chi connectivity index (χ1v) is 14.0. The van der Waals surface area contributed by atoms with Crippen molar-refractivity contribution in [2.45, 2.75) is 12.6 Å². The summed E-state index contributed by atoms with van der Waals surface area (Å²) in [5.41, 5.74) is 3.10. The minimum Gasteiger partial charge on any atom is -0.748 e. The first kappa shape index (κ1) is 30.9.